The summed E-state index contributed by atoms with van der Waals surface area (Å²) in [4.78, 5) is 26.9. The number of morpholine rings is 1. The van der Waals surface area contributed by atoms with E-state index in [2.05, 4.69) is 15.0 Å². The number of ether oxygens (including phenoxy) is 1. The van der Waals surface area contributed by atoms with Crippen molar-refractivity contribution in [2.75, 3.05) is 26.3 Å². The molecule has 1 aliphatic heterocycles. The van der Waals surface area contributed by atoms with Crippen LogP contribution in [-0.2, 0) is 14.6 Å². The van der Waals surface area contributed by atoms with Crippen LogP contribution in [0.5, 0.6) is 0 Å². The third-order valence-electron chi connectivity index (χ3n) is 5.01. The van der Waals surface area contributed by atoms with Gasteiger partial charge in [-0.2, -0.15) is 0 Å². The average molecular weight is 414 g/mol. The lowest BCUT2D eigenvalue weighted by atomic mass is 10.1. The lowest BCUT2D eigenvalue weighted by Crippen LogP contribution is -2.40. The normalized spacial score (nSPS) is 15.2. The molecule has 2 aromatic heterocycles. The molecular formula is C20H22N4O4S. The Morgan fingerprint density at radius 3 is 2.52 bits per heavy atom. The maximum absolute atomic E-state index is 12.9. The first-order chi connectivity index (χ1) is 13.9. The van der Waals surface area contributed by atoms with Crippen LogP contribution >= 0.6 is 0 Å². The quantitative estimate of drug-likeness (QED) is 0.702. The molecule has 0 radical (unpaired) electrons. The van der Waals surface area contributed by atoms with Crippen molar-refractivity contribution in [1.29, 1.82) is 0 Å². The van der Waals surface area contributed by atoms with E-state index < -0.39 is 15.1 Å². The smallest absolute Gasteiger partial charge is 0.257 e. The zero-order valence-corrected chi connectivity index (χ0v) is 17.1. The molecule has 1 aromatic carbocycles. The van der Waals surface area contributed by atoms with Gasteiger partial charge < -0.3 is 14.6 Å². The van der Waals surface area contributed by atoms with Gasteiger partial charge in [-0.25, -0.2) is 18.4 Å². The van der Waals surface area contributed by atoms with Crippen molar-refractivity contribution in [2.24, 2.45) is 0 Å². The van der Waals surface area contributed by atoms with Gasteiger partial charge in [0.1, 0.15) is 5.52 Å². The lowest BCUT2D eigenvalue weighted by molar-refractivity contribution is 0.0304. The molecule has 0 aliphatic carbocycles. The summed E-state index contributed by atoms with van der Waals surface area (Å²) in [7, 11) is -3.33. The number of hydrogen-bond donors (Lipinski definition) is 1. The molecule has 1 amide bonds. The molecule has 3 heterocycles. The summed E-state index contributed by atoms with van der Waals surface area (Å²) < 4.78 is 29.9. The first-order valence-electron chi connectivity index (χ1n) is 9.43. The van der Waals surface area contributed by atoms with Crippen LogP contribution in [0.25, 0.3) is 22.4 Å². The zero-order chi connectivity index (χ0) is 20.6. The van der Waals surface area contributed by atoms with Crippen molar-refractivity contribution in [1.82, 2.24) is 19.9 Å². The van der Waals surface area contributed by atoms with Crippen LogP contribution in [0.3, 0.4) is 0 Å². The predicted octanol–water partition coefficient (Wildman–Crippen LogP) is 2.28. The Kier molecular flexibility index (Phi) is 5.10. The number of sulfone groups is 1. The first kappa shape index (κ1) is 19.5. The number of H-pyrrole nitrogens is 1. The van der Waals surface area contributed by atoms with Crippen molar-refractivity contribution in [3.05, 3.63) is 42.2 Å². The largest absolute Gasteiger partial charge is 0.378 e. The van der Waals surface area contributed by atoms with Crippen LogP contribution in [0.15, 0.2) is 41.6 Å². The molecule has 1 fully saturated rings. The van der Waals surface area contributed by atoms with Crippen LogP contribution in [0.4, 0.5) is 0 Å². The minimum atomic E-state index is -3.33. The van der Waals surface area contributed by atoms with Gasteiger partial charge in [0.2, 0.25) is 0 Å². The van der Waals surface area contributed by atoms with Crippen molar-refractivity contribution in [2.45, 2.75) is 24.0 Å². The van der Waals surface area contributed by atoms with Gasteiger partial charge >= 0.3 is 0 Å². The van der Waals surface area contributed by atoms with Gasteiger partial charge in [-0.15, -0.1) is 0 Å². The second-order valence-corrected chi connectivity index (χ2v) is 9.68. The Morgan fingerprint density at radius 1 is 1.17 bits per heavy atom. The molecule has 9 heteroatoms. The number of carbonyl (C=O) groups excluding carboxylic acids is 1. The summed E-state index contributed by atoms with van der Waals surface area (Å²) in [5.74, 6) is -0.107. The Balaban J connectivity index is 1.68. The third-order valence-corrected chi connectivity index (χ3v) is 7.18. The number of fused-ring (bicyclic) bond motifs is 1. The predicted molar refractivity (Wildman–Crippen MR) is 108 cm³/mol. The molecule has 1 aliphatic rings. The van der Waals surface area contributed by atoms with Crippen LogP contribution in [-0.4, -0.2) is 65.7 Å². The Hall–Kier alpha value is -2.78. The van der Waals surface area contributed by atoms with E-state index in [1.54, 1.807) is 55.4 Å². The van der Waals surface area contributed by atoms with Gasteiger partial charge in [0.05, 0.1) is 40.8 Å². The van der Waals surface area contributed by atoms with Gasteiger partial charge in [-0.3, -0.25) is 4.79 Å². The molecule has 0 unspecified atom stereocenters. The topological polar surface area (TPSA) is 105 Å². The molecule has 0 atom stereocenters. The zero-order valence-electron chi connectivity index (χ0n) is 16.3. The molecule has 152 valence electrons. The van der Waals surface area contributed by atoms with E-state index in [4.69, 9.17) is 4.74 Å². The van der Waals surface area contributed by atoms with E-state index in [1.807, 2.05) is 0 Å². The minimum absolute atomic E-state index is 0.107. The molecular weight excluding hydrogens is 392 g/mol. The van der Waals surface area contributed by atoms with Gasteiger partial charge in [0.25, 0.3) is 5.91 Å². The maximum Gasteiger partial charge on any atom is 0.257 e. The average Bonchev–Trinajstić information content (AvgIpc) is 3.17. The minimum Gasteiger partial charge on any atom is -0.378 e. The summed E-state index contributed by atoms with van der Waals surface area (Å²) in [6.07, 6.45) is 3.23. The van der Waals surface area contributed by atoms with E-state index in [1.165, 1.54) is 0 Å². The number of nitrogens with one attached hydrogen (secondary N) is 1. The van der Waals surface area contributed by atoms with E-state index in [0.717, 1.165) is 5.56 Å². The fraction of sp³-hybridized carbons (Fsp3) is 0.350. The van der Waals surface area contributed by atoms with Gasteiger partial charge in [0.15, 0.2) is 15.5 Å². The lowest BCUT2D eigenvalue weighted by Gasteiger charge is -2.26. The SMILES string of the molecule is CC(C)S(=O)(=O)c1ccc(-c2cnc3[nH]cc(C(=O)N4CCOCC4)c3n2)cc1. The number of aromatic nitrogens is 3. The molecule has 8 nitrogen and oxygen atoms in total. The number of rotatable bonds is 4. The highest BCUT2D eigenvalue weighted by molar-refractivity contribution is 7.92. The fourth-order valence-electron chi connectivity index (χ4n) is 3.22. The molecule has 0 saturated carbocycles. The van der Waals surface area contributed by atoms with Crippen molar-refractivity contribution < 1.29 is 17.9 Å². The summed E-state index contributed by atoms with van der Waals surface area (Å²) in [5.41, 5.74) is 2.80. The number of benzene rings is 1. The third kappa shape index (κ3) is 3.63. The second-order valence-electron chi connectivity index (χ2n) is 7.18. The van der Waals surface area contributed by atoms with E-state index in [0.29, 0.717) is 48.7 Å². The summed E-state index contributed by atoms with van der Waals surface area (Å²) in [6, 6.07) is 6.57. The molecule has 0 bridgehead atoms. The molecule has 3 aromatic rings. The molecule has 4 rings (SSSR count). The highest BCUT2D eigenvalue weighted by Gasteiger charge is 2.23. The van der Waals surface area contributed by atoms with Crippen LogP contribution in [0.2, 0.25) is 0 Å². The summed E-state index contributed by atoms with van der Waals surface area (Å²) >= 11 is 0. The molecule has 0 spiro atoms. The second kappa shape index (κ2) is 7.57. The van der Waals surface area contributed by atoms with Crippen molar-refractivity contribution >= 4 is 26.9 Å². The molecule has 1 N–H and O–H groups in total. The summed E-state index contributed by atoms with van der Waals surface area (Å²) in [6.45, 7) is 5.45. The standard InChI is InChI=1S/C20H22N4O4S/c1-13(2)29(26,27)15-5-3-14(4-6-15)17-12-22-19-18(23-17)16(11-21-19)20(25)24-7-9-28-10-8-24/h3-6,11-13H,7-10H2,1-2H3,(H,21,22). The highest BCUT2D eigenvalue weighted by atomic mass is 32.2. The summed E-state index contributed by atoms with van der Waals surface area (Å²) in [5, 5.41) is -0.488. The van der Waals surface area contributed by atoms with Crippen LogP contribution in [0.1, 0.15) is 24.2 Å². The Bertz CT molecular complexity index is 1150. The monoisotopic (exact) mass is 414 g/mol. The van der Waals surface area contributed by atoms with Crippen molar-refractivity contribution in [3.8, 4) is 11.3 Å². The van der Waals surface area contributed by atoms with Crippen LogP contribution < -0.4 is 0 Å². The number of amides is 1. The number of aromatic amines is 1. The number of carbonyl (C=O) groups is 1. The Labute approximate surface area is 168 Å². The van der Waals surface area contributed by atoms with Crippen molar-refractivity contribution in [3.63, 3.8) is 0 Å². The Morgan fingerprint density at radius 2 is 1.86 bits per heavy atom. The van der Waals surface area contributed by atoms with E-state index in [9.17, 15) is 13.2 Å². The van der Waals surface area contributed by atoms with Gasteiger partial charge in [-0.05, 0) is 26.0 Å². The van der Waals surface area contributed by atoms with E-state index in [-0.39, 0.29) is 10.8 Å². The molecule has 29 heavy (non-hydrogen) atoms. The van der Waals surface area contributed by atoms with Crippen LogP contribution in [0, 0.1) is 0 Å². The molecule has 1 saturated heterocycles. The highest BCUT2D eigenvalue weighted by Crippen LogP contribution is 2.24. The fourth-order valence-corrected chi connectivity index (χ4v) is 4.28. The number of hydrogen-bond acceptors (Lipinski definition) is 6. The maximum atomic E-state index is 12.9. The number of nitrogens with zero attached hydrogens (tertiary/aromatic N) is 3. The van der Waals surface area contributed by atoms with Gasteiger partial charge in [-0.1, -0.05) is 12.1 Å². The van der Waals surface area contributed by atoms with E-state index >= 15 is 0 Å². The van der Waals surface area contributed by atoms with Gasteiger partial charge in [0, 0.05) is 24.8 Å². The first-order valence-corrected chi connectivity index (χ1v) is 11.0.